The maximum Gasteiger partial charge on any atom is 0.338 e. The van der Waals surface area contributed by atoms with E-state index in [0.717, 1.165) is 0 Å². The van der Waals surface area contributed by atoms with E-state index in [1.54, 1.807) is 25.1 Å². The molecule has 1 atom stereocenters. The SMILES string of the molecule is CCOC(=O)C1=C(CCl)OC(N)=C(C#N)[C@H]1c1cccc(OC)c1OC. The first-order valence-corrected chi connectivity index (χ1v) is 8.31. The number of carbonyl (C=O) groups excluding carboxylic acids is 1. The van der Waals surface area contributed by atoms with E-state index in [-0.39, 0.29) is 35.3 Å². The average molecular weight is 379 g/mol. The van der Waals surface area contributed by atoms with E-state index in [4.69, 9.17) is 36.3 Å². The van der Waals surface area contributed by atoms with Crippen LogP contribution in [-0.2, 0) is 14.3 Å². The monoisotopic (exact) mass is 378 g/mol. The number of rotatable bonds is 6. The number of alkyl halides is 1. The summed E-state index contributed by atoms with van der Waals surface area (Å²) in [6, 6.07) is 7.15. The Hall–Kier alpha value is -2.85. The molecule has 2 rings (SSSR count). The number of methoxy groups -OCH3 is 2. The molecule has 1 aliphatic heterocycles. The molecule has 0 aromatic heterocycles. The first kappa shape index (κ1) is 19.5. The van der Waals surface area contributed by atoms with E-state index < -0.39 is 11.9 Å². The molecule has 0 fully saturated rings. The third-order valence-corrected chi connectivity index (χ3v) is 4.10. The number of carbonyl (C=O) groups is 1. The van der Waals surface area contributed by atoms with Gasteiger partial charge in [-0.05, 0) is 13.0 Å². The number of para-hydroxylation sites is 1. The highest BCUT2D eigenvalue weighted by molar-refractivity contribution is 6.19. The van der Waals surface area contributed by atoms with Crippen molar-refractivity contribution in [2.75, 3.05) is 26.7 Å². The Kier molecular flexibility index (Phi) is 6.36. The first-order chi connectivity index (χ1) is 12.5. The minimum Gasteiger partial charge on any atom is -0.493 e. The van der Waals surface area contributed by atoms with Crippen LogP contribution in [0.1, 0.15) is 18.4 Å². The van der Waals surface area contributed by atoms with Crippen LogP contribution in [0.5, 0.6) is 11.5 Å². The molecule has 7 nitrogen and oxygen atoms in total. The summed E-state index contributed by atoms with van der Waals surface area (Å²) in [5.41, 5.74) is 6.59. The van der Waals surface area contributed by atoms with Crippen LogP contribution >= 0.6 is 11.6 Å². The highest BCUT2D eigenvalue weighted by atomic mass is 35.5. The van der Waals surface area contributed by atoms with Crippen molar-refractivity contribution in [1.29, 1.82) is 5.26 Å². The molecule has 0 saturated heterocycles. The second-order valence-corrected chi connectivity index (χ2v) is 5.47. The van der Waals surface area contributed by atoms with Gasteiger partial charge in [0, 0.05) is 5.56 Å². The van der Waals surface area contributed by atoms with Crippen LogP contribution in [0.25, 0.3) is 0 Å². The largest absolute Gasteiger partial charge is 0.493 e. The highest BCUT2D eigenvalue weighted by Gasteiger charge is 2.39. The fourth-order valence-corrected chi connectivity index (χ4v) is 3.00. The predicted molar refractivity (Wildman–Crippen MR) is 94.6 cm³/mol. The zero-order valence-electron chi connectivity index (χ0n) is 14.7. The van der Waals surface area contributed by atoms with Gasteiger partial charge in [-0.1, -0.05) is 12.1 Å². The highest BCUT2D eigenvalue weighted by Crippen LogP contribution is 2.45. The van der Waals surface area contributed by atoms with Crippen LogP contribution in [0.2, 0.25) is 0 Å². The van der Waals surface area contributed by atoms with Crippen LogP contribution in [0.3, 0.4) is 0 Å². The maximum absolute atomic E-state index is 12.6. The Morgan fingerprint density at radius 2 is 2.12 bits per heavy atom. The fraction of sp³-hybridized carbons (Fsp3) is 0.333. The fourth-order valence-electron chi connectivity index (χ4n) is 2.80. The van der Waals surface area contributed by atoms with E-state index in [9.17, 15) is 10.1 Å². The van der Waals surface area contributed by atoms with Gasteiger partial charge in [0.1, 0.15) is 17.4 Å². The number of nitrogens with zero attached hydrogens (tertiary/aromatic N) is 1. The maximum atomic E-state index is 12.6. The average Bonchev–Trinajstić information content (AvgIpc) is 2.66. The molecule has 0 saturated carbocycles. The van der Waals surface area contributed by atoms with E-state index >= 15 is 0 Å². The van der Waals surface area contributed by atoms with E-state index in [1.165, 1.54) is 14.2 Å². The van der Waals surface area contributed by atoms with Crippen molar-refractivity contribution < 1.29 is 23.7 Å². The molecule has 1 aliphatic rings. The van der Waals surface area contributed by atoms with Crippen molar-refractivity contribution in [3.05, 3.63) is 46.6 Å². The Morgan fingerprint density at radius 1 is 1.38 bits per heavy atom. The molecule has 26 heavy (non-hydrogen) atoms. The summed E-state index contributed by atoms with van der Waals surface area (Å²) in [7, 11) is 2.96. The number of allylic oxidation sites excluding steroid dienone is 2. The Morgan fingerprint density at radius 3 is 2.65 bits per heavy atom. The number of hydrogen-bond donors (Lipinski definition) is 1. The summed E-state index contributed by atoms with van der Waals surface area (Å²) < 4.78 is 21.3. The molecule has 1 heterocycles. The van der Waals surface area contributed by atoms with E-state index in [0.29, 0.717) is 17.1 Å². The molecular formula is C18H19ClN2O5. The summed E-state index contributed by atoms with van der Waals surface area (Å²) in [6.45, 7) is 1.83. The van der Waals surface area contributed by atoms with Gasteiger partial charge < -0.3 is 24.7 Å². The first-order valence-electron chi connectivity index (χ1n) is 7.78. The molecule has 0 aliphatic carbocycles. The lowest BCUT2D eigenvalue weighted by molar-refractivity contribution is -0.139. The summed E-state index contributed by atoms with van der Waals surface area (Å²) in [5.74, 6) is -0.773. The smallest absolute Gasteiger partial charge is 0.338 e. The van der Waals surface area contributed by atoms with Gasteiger partial charge >= 0.3 is 5.97 Å². The molecule has 0 unspecified atom stereocenters. The summed E-state index contributed by atoms with van der Waals surface area (Å²) in [6.07, 6.45) is 0. The number of benzene rings is 1. The van der Waals surface area contributed by atoms with Crippen LogP contribution in [0.4, 0.5) is 0 Å². The number of hydrogen-bond acceptors (Lipinski definition) is 7. The number of nitriles is 1. The predicted octanol–water partition coefficient (Wildman–Crippen LogP) is 2.57. The van der Waals surface area contributed by atoms with Crippen molar-refractivity contribution in [3.63, 3.8) is 0 Å². The van der Waals surface area contributed by atoms with Gasteiger partial charge in [-0.2, -0.15) is 5.26 Å². The Balaban J connectivity index is 2.78. The number of halogens is 1. The lowest BCUT2D eigenvalue weighted by Gasteiger charge is -2.28. The van der Waals surface area contributed by atoms with Gasteiger partial charge in [0.15, 0.2) is 11.5 Å². The van der Waals surface area contributed by atoms with E-state index in [2.05, 4.69) is 0 Å². The molecule has 1 aromatic rings. The molecule has 0 spiro atoms. The molecule has 138 valence electrons. The number of ether oxygens (including phenoxy) is 4. The zero-order chi connectivity index (χ0) is 19.3. The van der Waals surface area contributed by atoms with E-state index in [1.807, 2.05) is 6.07 Å². The van der Waals surface area contributed by atoms with Crippen molar-refractivity contribution in [1.82, 2.24) is 0 Å². The van der Waals surface area contributed by atoms with Crippen molar-refractivity contribution in [2.45, 2.75) is 12.8 Å². The second kappa shape index (κ2) is 8.50. The minimum atomic E-state index is -0.855. The quantitative estimate of drug-likeness (QED) is 0.599. The van der Waals surface area contributed by atoms with Crippen LogP contribution < -0.4 is 15.2 Å². The lowest BCUT2D eigenvalue weighted by Crippen LogP contribution is -2.27. The molecule has 1 aromatic carbocycles. The van der Waals surface area contributed by atoms with Crippen molar-refractivity contribution in [2.24, 2.45) is 5.73 Å². The van der Waals surface area contributed by atoms with Crippen LogP contribution in [0.15, 0.2) is 41.0 Å². The minimum absolute atomic E-state index is 0.0634. The standard InChI is InChI=1S/C18H19ClN2O5/c1-4-25-18(22)15-13(8-19)26-17(21)11(9-20)14(15)10-6-5-7-12(23-2)16(10)24-3/h5-7,14H,4,8,21H2,1-3H3/t14-/m1/s1. The molecular weight excluding hydrogens is 360 g/mol. The topological polar surface area (TPSA) is 104 Å². The Bertz CT molecular complexity index is 810. The van der Waals surface area contributed by atoms with Crippen LogP contribution in [-0.4, -0.2) is 32.7 Å². The van der Waals surface area contributed by atoms with Gasteiger partial charge in [0.2, 0.25) is 5.88 Å². The third kappa shape index (κ3) is 3.41. The summed E-state index contributed by atoms with van der Waals surface area (Å²) in [4.78, 5) is 12.6. The summed E-state index contributed by atoms with van der Waals surface area (Å²) >= 11 is 5.95. The van der Waals surface area contributed by atoms with Gasteiger partial charge in [-0.25, -0.2) is 4.79 Å². The zero-order valence-corrected chi connectivity index (χ0v) is 15.4. The number of nitrogens with two attached hydrogens (primary N) is 1. The molecule has 0 radical (unpaired) electrons. The number of esters is 1. The van der Waals surface area contributed by atoms with Gasteiger partial charge in [-0.15, -0.1) is 11.6 Å². The third-order valence-electron chi connectivity index (χ3n) is 3.86. The molecule has 2 N–H and O–H groups in total. The molecule has 8 heteroatoms. The normalized spacial score (nSPS) is 16.7. The Labute approximate surface area is 156 Å². The molecule has 0 amide bonds. The van der Waals surface area contributed by atoms with Gasteiger partial charge in [-0.3, -0.25) is 0 Å². The van der Waals surface area contributed by atoms with Gasteiger partial charge in [0.05, 0.1) is 38.2 Å². The second-order valence-electron chi connectivity index (χ2n) is 5.20. The van der Waals surface area contributed by atoms with Gasteiger partial charge in [0.25, 0.3) is 0 Å². The molecule has 0 bridgehead atoms. The van der Waals surface area contributed by atoms with Crippen molar-refractivity contribution >= 4 is 17.6 Å². The van der Waals surface area contributed by atoms with Crippen LogP contribution in [0, 0.1) is 11.3 Å². The summed E-state index contributed by atoms with van der Waals surface area (Å²) in [5, 5.41) is 9.62. The lowest BCUT2D eigenvalue weighted by atomic mass is 9.82. The van der Waals surface area contributed by atoms with Crippen molar-refractivity contribution in [3.8, 4) is 17.6 Å².